The molecule has 0 radical (unpaired) electrons. The van der Waals surface area contributed by atoms with Crippen LogP contribution in [0.15, 0.2) is 24.4 Å². The van der Waals surface area contributed by atoms with Crippen LogP contribution in [0.3, 0.4) is 0 Å². The molecule has 0 saturated carbocycles. The van der Waals surface area contributed by atoms with E-state index in [1.807, 2.05) is 18.3 Å². The molecule has 6 heteroatoms. The third-order valence-electron chi connectivity index (χ3n) is 2.07. The minimum absolute atomic E-state index is 0.486. The number of alkyl halides is 1. The zero-order chi connectivity index (χ0) is 11.5. The van der Waals surface area contributed by atoms with E-state index in [9.17, 15) is 0 Å². The normalized spacial score (nSPS) is 10.7. The Labute approximate surface area is 111 Å². The SMILES string of the molecule is Clc1cccc(-n2cc(CCBr)nn2)c1Cl. The fraction of sp³-hybridized carbons (Fsp3) is 0.200. The molecule has 16 heavy (non-hydrogen) atoms. The van der Waals surface area contributed by atoms with Crippen LogP contribution in [0.2, 0.25) is 10.0 Å². The Balaban J connectivity index is 2.39. The van der Waals surface area contributed by atoms with Crippen LogP contribution >= 0.6 is 39.1 Å². The molecule has 1 aromatic carbocycles. The summed E-state index contributed by atoms with van der Waals surface area (Å²) >= 11 is 15.4. The molecule has 1 heterocycles. The van der Waals surface area contributed by atoms with Gasteiger partial charge >= 0.3 is 0 Å². The molecule has 0 aliphatic rings. The van der Waals surface area contributed by atoms with Crippen molar-refractivity contribution in [2.75, 3.05) is 5.33 Å². The van der Waals surface area contributed by atoms with Gasteiger partial charge in [0.05, 0.1) is 27.6 Å². The van der Waals surface area contributed by atoms with Crippen LogP contribution < -0.4 is 0 Å². The highest BCUT2D eigenvalue weighted by Gasteiger charge is 2.08. The Morgan fingerprint density at radius 3 is 2.88 bits per heavy atom. The van der Waals surface area contributed by atoms with E-state index < -0.39 is 0 Å². The van der Waals surface area contributed by atoms with Crippen molar-refractivity contribution >= 4 is 39.1 Å². The smallest absolute Gasteiger partial charge is 0.0865 e. The minimum atomic E-state index is 0.486. The molecule has 0 aliphatic heterocycles. The summed E-state index contributed by atoms with van der Waals surface area (Å²) < 4.78 is 1.63. The first-order valence-electron chi connectivity index (χ1n) is 4.64. The monoisotopic (exact) mass is 319 g/mol. The van der Waals surface area contributed by atoms with Crippen molar-refractivity contribution in [3.63, 3.8) is 0 Å². The van der Waals surface area contributed by atoms with Crippen LogP contribution in [0.4, 0.5) is 0 Å². The van der Waals surface area contributed by atoms with Crippen LogP contribution in [0.25, 0.3) is 5.69 Å². The maximum atomic E-state index is 6.08. The molecular formula is C10H8BrCl2N3. The van der Waals surface area contributed by atoms with Gasteiger partial charge in [-0.1, -0.05) is 50.4 Å². The van der Waals surface area contributed by atoms with Gasteiger partial charge in [-0.3, -0.25) is 0 Å². The van der Waals surface area contributed by atoms with E-state index in [1.54, 1.807) is 10.7 Å². The predicted octanol–water partition coefficient (Wildman–Crippen LogP) is 3.51. The van der Waals surface area contributed by atoms with Crippen molar-refractivity contribution in [3.8, 4) is 5.69 Å². The highest BCUT2D eigenvalue weighted by atomic mass is 79.9. The van der Waals surface area contributed by atoms with Crippen molar-refractivity contribution in [2.24, 2.45) is 0 Å². The second-order valence-electron chi connectivity index (χ2n) is 3.17. The Morgan fingerprint density at radius 1 is 1.31 bits per heavy atom. The Bertz CT molecular complexity index is 499. The van der Waals surface area contributed by atoms with Crippen LogP contribution in [-0.2, 0) is 6.42 Å². The van der Waals surface area contributed by atoms with Crippen LogP contribution in [0, 0.1) is 0 Å². The van der Waals surface area contributed by atoms with Gasteiger partial charge in [-0.2, -0.15) is 0 Å². The molecule has 3 nitrogen and oxygen atoms in total. The summed E-state index contributed by atoms with van der Waals surface area (Å²) in [6.45, 7) is 0. The van der Waals surface area contributed by atoms with Crippen molar-refractivity contribution in [1.82, 2.24) is 15.0 Å². The van der Waals surface area contributed by atoms with Gasteiger partial charge in [0.25, 0.3) is 0 Å². The van der Waals surface area contributed by atoms with Gasteiger partial charge in [0.2, 0.25) is 0 Å². The molecule has 0 bridgehead atoms. The number of nitrogens with zero attached hydrogens (tertiary/aromatic N) is 3. The fourth-order valence-electron chi connectivity index (χ4n) is 1.30. The molecule has 2 aromatic rings. The predicted molar refractivity (Wildman–Crippen MR) is 68.9 cm³/mol. The number of rotatable bonds is 3. The molecule has 0 aliphatic carbocycles. The third-order valence-corrected chi connectivity index (χ3v) is 3.27. The first kappa shape index (κ1) is 11.9. The van der Waals surface area contributed by atoms with E-state index in [2.05, 4.69) is 26.2 Å². The molecule has 0 atom stereocenters. The van der Waals surface area contributed by atoms with Crippen molar-refractivity contribution < 1.29 is 0 Å². The van der Waals surface area contributed by atoms with E-state index in [0.29, 0.717) is 10.0 Å². The molecule has 0 amide bonds. The van der Waals surface area contributed by atoms with Gasteiger partial charge in [-0.05, 0) is 12.1 Å². The maximum Gasteiger partial charge on any atom is 0.0865 e. The largest absolute Gasteiger partial charge is 0.219 e. The lowest BCUT2D eigenvalue weighted by Gasteiger charge is -2.03. The minimum Gasteiger partial charge on any atom is -0.219 e. The topological polar surface area (TPSA) is 30.7 Å². The third kappa shape index (κ3) is 2.39. The highest BCUT2D eigenvalue weighted by Crippen LogP contribution is 2.27. The lowest BCUT2D eigenvalue weighted by molar-refractivity contribution is 0.798. The highest BCUT2D eigenvalue weighted by molar-refractivity contribution is 9.09. The lowest BCUT2D eigenvalue weighted by Crippen LogP contribution is -1.95. The van der Waals surface area contributed by atoms with E-state index in [-0.39, 0.29) is 0 Å². The second kappa shape index (κ2) is 5.17. The molecule has 2 rings (SSSR count). The summed E-state index contributed by atoms with van der Waals surface area (Å²) in [7, 11) is 0. The first-order chi connectivity index (χ1) is 7.72. The lowest BCUT2D eigenvalue weighted by atomic mass is 10.3. The molecule has 1 aromatic heterocycles. The molecule has 84 valence electrons. The summed E-state index contributed by atoms with van der Waals surface area (Å²) in [6, 6.07) is 5.42. The van der Waals surface area contributed by atoms with Crippen LogP contribution in [-0.4, -0.2) is 20.3 Å². The summed E-state index contributed by atoms with van der Waals surface area (Å²) in [6.07, 6.45) is 2.68. The summed E-state index contributed by atoms with van der Waals surface area (Å²) in [4.78, 5) is 0. The summed E-state index contributed by atoms with van der Waals surface area (Å²) in [5, 5.41) is 9.90. The van der Waals surface area contributed by atoms with Crippen LogP contribution in [0.5, 0.6) is 0 Å². The Hall–Kier alpha value is -0.580. The second-order valence-corrected chi connectivity index (χ2v) is 4.74. The first-order valence-corrected chi connectivity index (χ1v) is 6.51. The zero-order valence-corrected chi connectivity index (χ0v) is 11.3. The number of aryl methyl sites for hydroxylation is 1. The van der Waals surface area contributed by atoms with E-state index in [1.165, 1.54) is 0 Å². The van der Waals surface area contributed by atoms with Gasteiger partial charge in [0, 0.05) is 11.8 Å². The van der Waals surface area contributed by atoms with Crippen molar-refractivity contribution in [1.29, 1.82) is 0 Å². The Kier molecular flexibility index (Phi) is 3.84. The molecule has 0 spiro atoms. The summed E-state index contributed by atoms with van der Waals surface area (Å²) in [5.74, 6) is 0. The fourth-order valence-corrected chi connectivity index (χ4v) is 2.09. The van der Waals surface area contributed by atoms with E-state index >= 15 is 0 Å². The van der Waals surface area contributed by atoms with E-state index in [4.69, 9.17) is 23.2 Å². The van der Waals surface area contributed by atoms with Gasteiger partial charge in [-0.15, -0.1) is 5.10 Å². The molecular weight excluding hydrogens is 313 g/mol. The summed E-state index contributed by atoms with van der Waals surface area (Å²) in [5.41, 5.74) is 1.65. The number of hydrogen-bond donors (Lipinski definition) is 0. The standard InChI is InChI=1S/C10H8BrCl2N3/c11-5-4-7-6-16(15-14-7)9-3-1-2-8(12)10(9)13/h1-3,6H,4-5H2. The van der Waals surface area contributed by atoms with Crippen molar-refractivity contribution in [2.45, 2.75) is 6.42 Å². The zero-order valence-electron chi connectivity index (χ0n) is 8.20. The van der Waals surface area contributed by atoms with Crippen LogP contribution in [0.1, 0.15) is 5.69 Å². The average Bonchev–Trinajstić information content (AvgIpc) is 2.71. The van der Waals surface area contributed by atoms with Gasteiger partial charge in [0.1, 0.15) is 0 Å². The molecule has 0 fully saturated rings. The van der Waals surface area contributed by atoms with Crippen molar-refractivity contribution in [3.05, 3.63) is 40.1 Å². The number of hydrogen-bond acceptors (Lipinski definition) is 2. The maximum absolute atomic E-state index is 6.08. The van der Waals surface area contributed by atoms with Gasteiger partial charge in [0.15, 0.2) is 0 Å². The molecule has 0 saturated heterocycles. The molecule has 0 unspecified atom stereocenters. The van der Waals surface area contributed by atoms with Gasteiger partial charge < -0.3 is 0 Å². The van der Waals surface area contributed by atoms with E-state index in [0.717, 1.165) is 23.1 Å². The number of benzene rings is 1. The number of halogens is 3. The Morgan fingerprint density at radius 2 is 2.12 bits per heavy atom. The number of aromatic nitrogens is 3. The van der Waals surface area contributed by atoms with Gasteiger partial charge in [-0.25, -0.2) is 4.68 Å². The molecule has 0 N–H and O–H groups in total. The average molecular weight is 321 g/mol. The quantitative estimate of drug-likeness (QED) is 0.810.